The number of aromatic nitrogens is 3. The SMILES string of the molecule is CC1(C)CC=C(c2nc(C3=CC4(COS(=O)(=O)C(F)(F)F)CCC(COS(=O)(=O)C(F)(F)F)(C3)O4)ccc2NC(=O)c2nc(C#N)cn2COCC[Si](C)(C)C)CC1. The summed E-state index contributed by atoms with van der Waals surface area (Å²) >= 11 is 0. The zero-order valence-electron chi connectivity index (χ0n) is 32.2. The van der Waals surface area contributed by atoms with Gasteiger partial charge in [-0.25, -0.2) is 9.97 Å². The number of hydrogen-bond acceptors (Lipinski definition) is 12. The van der Waals surface area contributed by atoms with Crippen LogP contribution in [-0.2, 0) is 44.8 Å². The Labute approximate surface area is 332 Å². The van der Waals surface area contributed by atoms with E-state index in [1.54, 1.807) is 0 Å². The number of amides is 1. The first-order chi connectivity index (χ1) is 26.6. The van der Waals surface area contributed by atoms with Gasteiger partial charge >= 0.3 is 31.3 Å². The van der Waals surface area contributed by atoms with Crippen LogP contribution in [0.4, 0.5) is 32.0 Å². The van der Waals surface area contributed by atoms with E-state index in [1.165, 1.54) is 29.0 Å². The van der Waals surface area contributed by atoms with Gasteiger partial charge in [-0.15, -0.1) is 0 Å². The molecule has 1 fully saturated rings. The van der Waals surface area contributed by atoms with Gasteiger partial charge in [0.2, 0.25) is 5.82 Å². The van der Waals surface area contributed by atoms with Crippen LogP contribution in [0.2, 0.25) is 25.7 Å². The fraction of sp³-hybridized carbons (Fsp3) is 0.600. The second-order valence-electron chi connectivity index (χ2n) is 16.5. The number of nitriles is 1. The van der Waals surface area contributed by atoms with E-state index in [-0.39, 0.29) is 65.6 Å². The first kappa shape index (κ1) is 45.4. The maximum Gasteiger partial charge on any atom is 0.523 e. The Hall–Kier alpha value is -3.66. The first-order valence-electron chi connectivity index (χ1n) is 18.0. The largest absolute Gasteiger partial charge is 0.523 e. The molecular weight excluding hydrogens is 841 g/mol. The fourth-order valence-electron chi connectivity index (χ4n) is 6.62. The van der Waals surface area contributed by atoms with Crippen LogP contribution in [0.5, 0.6) is 0 Å². The quantitative estimate of drug-likeness (QED) is 0.0628. The number of nitrogens with zero attached hydrogens (tertiary/aromatic N) is 4. The number of pyridine rings is 1. The number of carbonyl (C=O) groups is 1. The van der Waals surface area contributed by atoms with E-state index in [9.17, 15) is 53.2 Å². The zero-order chi connectivity index (χ0) is 43.2. The Balaban J connectivity index is 1.53. The third-order valence-corrected chi connectivity index (χ3v) is 13.6. The van der Waals surface area contributed by atoms with Crippen LogP contribution in [-0.4, -0.2) is 87.4 Å². The van der Waals surface area contributed by atoms with Crippen molar-refractivity contribution in [3.63, 3.8) is 0 Å². The molecule has 2 unspecified atom stereocenters. The molecule has 2 aliphatic heterocycles. The van der Waals surface area contributed by atoms with Gasteiger partial charge in [-0.3, -0.25) is 13.2 Å². The fourth-order valence-corrected chi connectivity index (χ4v) is 8.36. The number of alkyl halides is 6. The number of anilines is 1. The Morgan fingerprint density at radius 1 is 0.983 bits per heavy atom. The highest BCUT2D eigenvalue weighted by atomic mass is 32.2. The van der Waals surface area contributed by atoms with Crippen molar-refractivity contribution in [2.24, 2.45) is 5.41 Å². The highest BCUT2D eigenvalue weighted by Crippen LogP contribution is 2.51. The van der Waals surface area contributed by atoms with Gasteiger partial charge in [-0.2, -0.15) is 48.4 Å². The number of fused-ring (bicyclic) bond motifs is 2. The summed E-state index contributed by atoms with van der Waals surface area (Å²) in [4.78, 5) is 22.8. The molecule has 58 heavy (non-hydrogen) atoms. The Bertz CT molecular complexity index is 2250. The van der Waals surface area contributed by atoms with Crippen LogP contribution in [0.1, 0.15) is 80.1 Å². The van der Waals surface area contributed by atoms with Gasteiger partial charge < -0.3 is 19.4 Å². The van der Waals surface area contributed by atoms with E-state index < -0.39 is 69.6 Å². The van der Waals surface area contributed by atoms with Crippen molar-refractivity contribution in [3.8, 4) is 6.07 Å². The molecule has 2 atom stereocenters. The van der Waals surface area contributed by atoms with Crippen LogP contribution in [0.15, 0.2) is 30.5 Å². The monoisotopic (exact) mass is 883 g/mol. The number of hydrogen-bond donors (Lipinski definition) is 1. The highest BCUT2D eigenvalue weighted by Gasteiger charge is 2.57. The number of carbonyl (C=O) groups excluding carboxylic acids is 1. The molecule has 320 valence electrons. The number of nitrogens with one attached hydrogen (secondary N) is 1. The van der Waals surface area contributed by atoms with Gasteiger partial charge in [0.05, 0.1) is 35.9 Å². The molecule has 23 heteroatoms. The molecular formula is C35H43F6N5O9S2Si. The Morgan fingerprint density at radius 3 is 2.22 bits per heavy atom. The summed E-state index contributed by atoms with van der Waals surface area (Å²) in [6, 6.07) is 5.65. The molecule has 0 spiro atoms. The van der Waals surface area contributed by atoms with E-state index in [1.807, 2.05) is 12.1 Å². The highest BCUT2D eigenvalue weighted by molar-refractivity contribution is 7.87. The van der Waals surface area contributed by atoms with E-state index in [4.69, 9.17) is 14.5 Å². The van der Waals surface area contributed by atoms with Gasteiger partial charge in [0, 0.05) is 27.3 Å². The topological polar surface area (TPSA) is 189 Å². The van der Waals surface area contributed by atoms with Crippen LogP contribution in [0, 0.1) is 16.7 Å². The second kappa shape index (κ2) is 16.1. The maximum absolute atomic E-state index is 13.8. The van der Waals surface area contributed by atoms with Crippen molar-refractivity contribution >= 4 is 51.1 Å². The molecule has 1 saturated heterocycles. The van der Waals surface area contributed by atoms with Crippen molar-refractivity contribution in [1.82, 2.24) is 14.5 Å². The van der Waals surface area contributed by atoms with E-state index >= 15 is 0 Å². The molecule has 4 heterocycles. The molecule has 1 N–H and O–H groups in total. The molecule has 5 rings (SSSR count). The molecule has 1 amide bonds. The zero-order valence-corrected chi connectivity index (χ0v) is 34.8. The molecule has 1 aliphatic carbocycles. The molecule has 0 radical (unpaired) electrons. The van der Waals surface area contributed by atoms with Crippen LogP contribution >= 0.6 is 0 Å². The lowest BCUT2D eigenvalue weighted by Gasteiger charge is -2.38. The molecule has 2 bridgehead atoms. The Morgan fingerprint density at radius 2 is 1.64 bits per heavy atom. The lowest BCUT2D eigenvalue weighted by atomic mass is 9.77. The van der Waals surface area contributed by atoms with Crippen LogP contribution < -0.4 is 5.32 Å². The number of imidazole rings is 1. The summed E-state index contributed by atoms with van der Waals surface area (Å²) in [5.74, 6) is -0.844. The third kappa shape index (κ3) is 10.6. The molecule has 0 saturated carbocycles. The lowest BCUT2D eigenvalue weighted by molar-refractivity contribution is -0.122. The van der Waals surface area contributed by atoms with E-state index in [2.05, 4.69) is 52.2 Å². The van der Waals surface area contributed by atoms with Crippen molar-refractivity contribution in [2.45, 2.75) is 107 Å². The number of halogens is 6. The Kier molecular flexibility index (Phi) is 12.6. The first-order valence-corrected chi connectivity index (χ1v) is 24.5. The van der Waals surface area contributed by atoms with Gasteiger partial charge in [0.25, 0.3) is 5.91 Å². The van der Waals surface area contributed by atoms with Crippen LogP contribution in [0.25, 0.3) is 11.1 Å². The van der Waals surface area contributed by atoms with E-state index in [0.717, 1.165) is 6.04 Å². The summed E-state index contributed by atoms with van der Waals surface area (Å²) in [5, 5.41) is 12.3. The number of rotatable bonds is 15. The predicted octanol–water partition coefficient (Wildman–Crippen LogP) is 7.12. The lowest BCUT2D eigenvalue weighted by Crippen LogP contribution is -2.46. The number of allylic oxidation sites excluding steroid dienone is 2. The summed E-state index contributed by atoms with van der Waals surface area (Å²) in [5.41, 5.74) is -14.2. The average Bonchev–Trinajstić information content (AvgIpc) is 3.65. The minimum absolute atomic E-state index is 0.0344. The molecule has 0 aromatic carbocycles. The van der Waals surface area contributed by atoms with Crippen molar-refractivity contribution in [3.05, 3.63) is 53.4 Å². The minimum Gasteiger partial charge on any atom is -0.361 e. The van der Waals surface area contributed by atoms with Gasteiger partial charge in [-0.05, 0) is 72.9 Å². The molecule has 2 aromatic rings. The van der Waals surface area contributed by atoms with Gasteiger partial charge in [-0.1, -0.05) is 39.6 Å². The average molecular weight is 884 g/mol. The second-order valence-corrected chi connectivity index (χ2v) is 25.4. The van der Waals surface area contributed by atoms with E-state index in [0.29, 0.717) is 31.4 Å². The minimum atomic E-state index is -6.15. The third-order valence-electron chi connectivity index (χ3n) is 9.95. The van der Waals surface area contributed by atoms with Crippen LogP contribution in [0.3, 0.4) is 0 Å². The number of ether oxygens (including phenoxy) is 2. The summed E-state index contributed by atoms with van der Waals surface area (Å²) in [7, 11) is -13.7. The van der Waals surface area contributed by atoms with Crippen molar-refractivity contribution in [1.29, 1.82) is 5.26 Å². The molecule has 3 aliphatic rings. The summed E-state index contributed by atoms with van der Waals surface area (Å²) < 4.78 is 149. The van der Waals surface area contributed by atoms with Gasteiger partial charge in [0.15, 0.2) is 5.69 Å². The standard InChI is InChI=1S/C35H43F6N5O9S2Si/c1-31(2)10-8-23(9-11-31)28-27(45-30(47)29-43-25(18-42)19-46(29)22-52-14-15-58(3,4)5)7-6-26(44-28)24-16-32(20-53-56(48,49)34(36,37)38)12-13-33(17-24,55-32)21-54-57(50,51)35(39,40)41/h6-8,16,19H,9-15,17,20-22H2,1-5H3,(H,45,47). The predicted molar refractivity (Wildman–Crippen MR) is 199 cm³/mol. The normalized spacial score (nSPS) is 22.6. The maximum atomic E-state index is 13.8. The summed E-state index contributed by atoms with van der Waals surface area (Å²) in [6.07, 6.45) is 5.47. The van der Waals surface area contributed by atoms with Gasteiger partial charge in [0.1, 0.15) is 18.4 Å². The van der Waals surface area contributed by atoms with Crippen molar-refractivity contribution in [2.75, 3.05) is 25.1 Å². The van der Waals surface area contributed by atoms with Crippen molar-refractivity contribution < 1.29 is 65.8 Å². The summed E-state index contributed by atoms with van der Waals surface area (Å²) in [6.45, 7) is 8.55. The molecule has 14 nitrogen and oxygen atoms in total. The smallest absolute Gasteiger partial charge is 0.361 e. The molecule has 2 aromatic heterocycles.